The van der Waals surface area contributed by atoms with Crippen LogP contribution in [0.25, 0.3) is 0 Å². The average molecular weight is 371 g/mol. The van der Waals surface area contributed by atoms with Crippen LogP contribution in [0, 0.1) is 12.7 Å². The van der Waals surface area contributed by atoms with Gasteiger partial charge < -0.3 is 4.90 Å². The highest BCUT2D eigenvalue weighted by Crippen LogP contribution is 2.24. The highest BCUT2D eigenvalue weighted by atomic mass is 32.2. The van der Waals surface area contributed by atoms with Gasteiger partial charge in [0.25, 0.3) is 10.0 Å². The number of hydrogen-bond acceptors (Lipinski definition) is 4. The zero-order valence-corrected chi connectivity index (χ0v) is 15.2. The Bertz CT molecular complexity index is 1010. The lowest BCUT2D eigenvalue weighted by Crippen LogP contribution is -2.16. The molecule has 0 atom stereocenters. The van der Waals surface area contributed by atoms with Crippen LogP contribution >= 0.6 is 0 Å². The topological polar surface area (TPSA) is 62.3 Å². The molecule has 0 saturated heterocycles. The lowest BCUT2D eigenvalue weighted by molar-refractivity contribution is 0.598. The lowest BCUT2D eigenvalue weighted by Gasteiger charge is -2.19. The molecule has 134 valence electrons. The molecule has 1 N–H and O–H groups in total. The number of nitrogens with one attached hydrogen (secondary N) is 1. The molecule has 0 aliphatic heterocycles. The third kappa shape index (κ3) is 3.83. The van der Waals surface area contributed by atoms with Crippen molar-refractivity contribution in [3.8, 4) is 0 Å². The summed E-state index contributed by atoms with van der Waals surface area (Å²) in [7, 11) is -1.94. The second-order valence-corrected chi connectivity index (χ2v) is 7.46. The number of rotatable bonds is 5. The van der Waals surface area contributed by atoms with Crippen molar-refractivity contribution >= 4 is 27.2 Å². The molecule has 0 amide bonds. The van der Waals surface area contributed by atoms with Gasteiger partial charge in [0.2, 0.25) is 0 Å². The molecule has 3 rings (SSSR count). The van der Waals surface area contributed by atoms with E-state index in [0.29, 0.717) is 5.56 Å². The van der Waals surface area contributed by atoms with Gasteiger partial charge in [-0.3, -0.25) is 4.72 Å². The molecule has 0 unspecified atom stereocenters. The minimum atomic E-state index is -3.84. The maximum absolute atomic E-state index is 13.2. The van der Waals surface area contributed by atoms with Gasteiger partial charge in [0, 0.05) is 12.7 Å². The fourth-order valence-electron chi connectivity index (χ4n) is 2.55. The van der Waals surface area contributed by atoms with E-state index in [1.807, 2.05) is 42.3 Å². The molecular formula is C19H18FN3O2S. The van der Waals surface area contributed by atoms with Gasteiger partial charge in [-0.1, -0.05) is 18.2 Å². The van der Waals surface area contributed by atoms with Gasteiger partial charge in [-0.25, -0.2) is 17.8 Å². The van der Waals surface area contributed by atoms with Gasteiger partial charge >= 0.3 is 0 Å². The molecule has 2 aromatic carbocycles. The number of nitrogens with zero attached hydrogens (tertiary/aromatic N) is 2. The van der Waals surface area contributed by atoms with Crippen molar-refractivity contribution in [1.82, 2.24) is 4.98 Å². The third-order valence-corrected chi connectivity index (χ3v) is 5.46. The van der Waals surface area contributed by atoms with Gasteiger partial charge in [-0.05, 0) is 55.0 Å². The first-order chi connectivity index (χ1) is 12.4. The molecule has 1 aromatic heterocycles. The summed E-state index contributed by atoms with van der Waals surface area (Å²) in [6, 6.07) is 16.6. The van der Waals surface area contributed by atoms with Gasteiger partial charge in [-0.15, -0.1) is 0 Å². The van der Waals surface area contributed by atoms with E-state index >= 15 is 0 Å². The van der Waals surface area contributed by atoms with E-state index in [4.69, 9.17) is 0 Å². The summed E-state index contributed by atoms with van der Waals surface area (Å²) >= 11 is 0. The molecule has 5 nitrogen and oxygen atoms in total. The standard InChI is InChI=1S/C19H18FN3O2S/c1-14-12-15(20)8-10-18(14)26(24,25)22-19-11-9-17(13-21-19)23(2)16-6-4-3-5-7-16/h3-13H,1-2H3,(H,21,22). The number of halogens is 1. The lowest BCUT2D eigenvalue weighted by atomic mass is 10.2. The Morgan fingerprint density at radius 3 is 2.35 bits per heavy atom. The first kappa shape index (κ1) is 17.9. The van der Waals surface area contributed by atoms with E-state index in [1.54, 1.807) is 25.3 Å². The zero-order valence-electron chi connectivity index (χ0n) is 14.3. The second kappa shape index (κ2) is 7.13. The summed E-state index contributed by atoms with van der Waals surface area (Å²) in [4.78, 5) is 6.14. The number of para-hydroxylation sites is 1. The Labute approximate surface area is 152 Å². The summed E-state index contributed by atoms with van der Waals surface area (Å²) in [5.41, 5.74) is 2.14. The zero-order chi connectivity index (χ0) is 18.7. The smallest absolute Gasteiger partial charge is 0.263 e. The van der Waals surface area contributed by atoms with E-state index in [9.17, 15) is 12.8 Å². The van der Waals surface area contributed by atoms with Crippen LogP contribution in [0.4, 0.5) is 21.6 Å². The van der Waals surface area contributed by atoms with Crippen molar-refractivity contribution in [2.24, 2.45) is 0 Å². The SMILES string of the molecule is Cc1cc(F)ccc1S(=O)(=O)Nc1ccc(N(C)c2ccccc2)cn1. The Kier molecular flexibility index (Phi) is 4.90. The molecule has 0 bridgehead atoms. The minimum absolute atomic E-state index is 0.0196. The Morgan fingerprint density at radius 2 is 1.73 bits per heavy atom. The van der Waals surface area contributed by atoms with Crippen molar-refractivity contribution < 1.29 is 12.8 Å². The van der Waals surface area contributed by atoms with E-state index in [-0.39, 0.29) is 10.7 Å². The number of aryl methyl sites for hydroxylation is 1. The van der Waals surface area contributed by atoms with Crippen molar-refractivity contribution in [2.45, 2.75) is 11.8 Å². The normalized spacial score (nSPS) is 11.2. The van der Waals surface area contributed by atoms with Gasteiger partial charge in [0.05, 0.1) is 16.8 Å². The van der Waals surface area contributed by atoms with E-state index in [1.165, 1.54) is 12.1 Å². The maximum atomic E-state index is 13.2. The number of sulfonamides is 1. The third-order valence-electron chi connectivity index (χ3n) is 3.94. The first-order valence-corrected chi connectivity index (χ1v) is 9.39. The molecule has 1 heterocycles. The quantitative estimate of drug-likeness (QED) is 0.734. The van der Waals surface area contributed by atoms with Gasteiger partial charge in [0.1, 0.15) is 11.6 Å². The predicted octanol–water partition coefficient (Wildman–Crippen LogP) is 4.10. The number of anilines is 3. The largest absolute Gasteiger partial charge is 0.343 e. The fourth-order valence-corrected chi connectivity index (χ4v) is 3.79. The predicted molar refractivity (Wildman–Crippen MR) is 101 cm³/mol. The van der Waals surface area contributed by atoms with E-state index in [2.05, 4.69) is 9.71 Å². The van der Waals surface area contributed by atoms with Crippen molar-refractivity contribution in [3.63, 3.8) is 0 Å². The van der Waals surface area contributed by atoms with Crippen molar-refractivity contribution in [1.29, 1.82) is 0 Å². The molecule has 0 aliphatic carbocycles. The number of benzene rings is 2. The average Bonchev–Trinajstić information content (AvgIpc) is 2.62. The molecule has 0 radical (unpaired) electrons. The van der Waals surface area contributed by atoms with E-state index < -0.39 is 15.8 Å². The Morgan fingerprint density at radius 1 is 1.00 bits per heavy atom. The molecule has 7 heteroatoms. The molecule has 26 heavy (non-hydrogen) atoms. The molecule has 0 aliphatic rings. The summed E-state index contributed by atoms with van der Waals surface area (Å²) in [5.74, 6) is -0.285. The van der Waals surface area contributed by atoms with Crippen molar-refractivity contribution in [2.75, 3.05) is 16.7 Å². The highest BCUT2D eigenvalue weighted by Gasteiger charge is 2.18. The summed E-state index contributed by atoms with van der Waals surface area (Å²) in [6.07, 6.45) is 1.59. The van der Waals surface area contributed by atoms with Crippen LogP contribution in [-0.2, 0) is 10.0 Å². The Balaban J connectivity index is 1.81. The molecule has 0 saturated carbocycles. The highest BCUT2D eigenvalue weighted by molar-refractivity contribution is 7.92. The molecule has 0 fully saturated rings. The first-order valence-electron chi connectivity index (χ1n) is 7.90. The van der Waals surface area contributed by atoms with Crippen LogP contribution in [0.1, 0.15) is 5.56 Å². The van der Waals surface area contributed by atoms with Crippen molar-refractivity contribution in [3.05, 3.63) is 78.2 Å². The number of pyridine rings is 1. The van der Waals surface area contributed by atoms with Gasteiger partial charge in [-0.2, -0.15) is 0 Å². The van der Waals surface area contributed by atoms with Crippen LogP contribution in [0.5, 0.6) is 0 Å². The second-order valence-electron chi connectivity index (χ2n) is 5.81. The molecular weight excluding hydrogens is 353 g/mol. The van der Waals surface area contributed by atoms with Crippen LogP contribution in [-0.4, -0.2) is 20.4 Å². The van der Waals surface area contributed by atoms with Crippen LogP contribution in [0.2, 0.25) is 0 Å². The molecule has 0 spiro atoms. The summed E-state index contributed by atoms with van der Waals surface area (Å²) < 4.78 is 40.6. The minimum Gasteiger partial charge on any atom is -0.343 e. The fraction of sp³-hybridized carbons (Fsp3) is 0.105. The molecule has 3 aromatic rings. The summed E-state index contributed by atoms with van der Waals surface area (Å²) in [5, 5.41) is 0. The number of aromatic nitrogens is 1. The van der Waals surface area contributed by atoms with Gasteiger partial charge in [0.15, 0.2) is 0 Å². The monoisotopic (exact) mass is 371 g/mol. The number of hydrogen-bond donors (Lipinski definition) is 1. The van der Waals surface area contributed by atoms with Crippen LogP contribution in [0.3, 0.4) is 0 Å². The van der Waals surface area contributed by atoms with Crippen LogP contribution < -0.4 is 9.62 Å². The van der Waals surface area contributed by atoms with Crippen LogP contribution in [0.15, 0.2) is 71.8 Å². The summed E-state index contributed by atoms with van der Waals surface area (Å²) in [6.45, 7) is 1.54. The maximum Gasteiger partial charge on any atom is 0.263 e. The Hall–Kier alpha value is -2.93. The van der Waals surface area contributed by atoms with E-state index in [0.717, 1.165) is 17.4 Å².